The molecule has 2 fully saturated rings. The summed E-state index contributed by atoms with van der Waals surface area (Å²) in [5.41, 5.74) is 1.91. The number of hydrogen-bond acceptors (Lipinski definition) is 5. The van der Waals surface area contributed by atoms with Gasteiger partial charge < -0.3 is 10.0 Å². The Balaban J connectivity index is 1.71. The normalized spacial score (nSPS) is 24.7. The lowest BCUT2D eigenvalue weighted by Gasteiger charge is -2.27. The third-order valence-corrected chi connectivity index (χ3v) is 5.16. The van der Waals surface area contributed by atoms with Crippen molar-refractivity contribution < 1.29 is 14.7 Å². The lowest BCUT2D eigenvalue weighted by Crippen LogP contribution is -2.40. The number of benzene rings is 2. The van der Waals surface area contributed by atoms with Crippen LogP contribution in [0.15, 0.2) is 54.6 Å². The molecule has 26 heavy (non-hydrogen) atoms. The van der Waals surface area contributed by atoms with Crippen LogP contribution in [-0.4, -0.2) is 29.5 Å². The fourth-order valence-corrected chi connectivity index (χ4v) is 3.97. The van der Waals surface area contributed by atoms with Crippen molar-refractivity contribution in [2.45, 2.75) is 12.6 Å². The summed E-state index contributed by atoms with van der Waals surface area (Å²) in [6, 6.07) is 17.5. The summed E-state index contributed by atoms with van der Waals surface area (Å²) < 4.78 is 0. The zero-order chi connectivity index (χ0) is 18.3. The number of nitrogens with zero attached hydrogens (tertiary/aromatic N) is 3. The molecule has 4 rings (SSSR count). The molecule has 130 valence electrons. The van der Waals surface area contributed by atoms with Crippen LogP contribution in [0.3, 0.4) is 0 Å². The Morgan fingerprint density at radius 1 is 1.04 bits per heavy atom. The number of rotatable bonds is 3. The van der Waals surface area contributed by atoms with Crippen LogP contribution in [0.25, 0.3) is 0 Å². The van der Waals surface area contributed by atoms with Gasteiger partial charge in [-0.25, -0.2) is 4.90 Å². The number of carbonyl (C=O) groups is 2. The fourth-order valence-electron chi connectivity index (χ4n) is 3.97. The fraction of sp³-hybridized carbons (Fsp3) is 0.250. The predicted octanol–water partition coefficient (Wildman–Crippen LogP) is 1.70. The van der Waals surface area contributed by atoms with E-state index in [0.29, 0.717) is 16.9 Å². The Hall–Kier alpha value is -3.17. The molecule has 2 aromatic rings. The zero-order valence-electron chi connectivity index (χ0n) is 13.9. The number of aliphatic hydroxyl groups excluding tert-OH is 1. The number of para-hydroxylation sites is 2. The van der Waals surface area contributed by atoms with Gasteiger partial charge in [0, 0.05) is 17.8 Å². The molecule has 2 aromatic carbocycles. The SMILES string of the molecule is N#C[C@@H]1[C@@H]2C(=O)N(c3ccccc3)C(=O)[C@@H]2CN1c1ccccc1CO. The minimum Gasteiger partial charge on any atom is -0.392 e. The van der Waals surface area contributed by atoms with E-state index in [1.54, 1.807) is 47.4 Å². The molecule has 2 aliphatic heterocycles. The van der Waals surface area contributed by atoms with Crippen molar-refractivity contribution in [1.29, 1.82) is 5.26 Å². The van der Waals surface area contributed by atoms with Crippen LogP contribution in [-0.2, 0) is 16.2 Å². The highest BCUT2D eigenvalue weighted by Crippen LogP contribution is 2.42. The maximum atomic E-state index is 13.0. The molecule has 0 saturated carbocycles. The van der Waals surface area contributed by atoms with Crippen LogP contribution in [0.5, 0.6) is 0 Å². The van der Waals surface area contributed by atoms with E-state index < -0.39 is 17.9 Å². The molecule has 2 amide bonds. The van der Waals surface area contributed by atoms with E-state index in [0.717, 1.165) is 0 Å². The molecule has 0 aromatic heterocycles. The molecular weight excluding hydrogens is 330 g/mol. The van der Waals surface area contributed by atoms with Crippen molar-refractivity contribution in [3.05, 3.63) is 60.2 Å². The van der Waals surface area contributed by atoms with Gasteiger partial charge in [-0.2, -0.15) is 5.26 Å². The maximum absolute atomic E-state index is 13.0. The Kier molecular flexibility index (Phi) is 3.94. The molecular formula is C20H17N3O3. The van der Waals surface area contributed by atoms with E-state index >= 15 is 0 Å². The van der Waals surface area contributed by atoms with Crippen molar-refractivity contribution in [2.24, 2.45) is 11.8 Å². The summed E-state index contributed by atoms with van der Waals surface area (Å²) in [6.45, 7) is 0.117. The van der Waals surface area contributed by atoms with E-state index in [2.05, 4.69) is 6.07 Å². The summed E-state index contributed by atoms with van der Waals surface area (Å²) in [7, 11) is 0. The molecule has 2 aliphatic rings. The third-order valence-electron chi connectivity index (χ3n) is 5.16. The average molecular weight is 347 g/mol. The maximum Gasteiger partial charge on any atom is 0.240 e. The summed E-state index contributed by atoms with van der Waals surface area (Å²) in [5.74, 6) is -1.85. The molecule has 1 N–H and O–H groups in total. The highest BCUT2D eigenvalue weighted by Gasteiger charge is 2.58. The number of amides is 2. The average Bonchev–Trinajstić information content (AvgIpc) is 3.18. The van der Waals surface area contributed by atoms with E-state index in [1.165, 1.54) is 4.90 Å². The number of imide groups is 1. The first-order valence-electron chi connectivity index (χ1n) is 8.45. The van der Waals surface area contributed by atoms with Crippen LogP contribution in [0.4, 0.5) is 11.4 Å². The summed E-state index contributed by atoms with van der Waals surface area (Å²) >= 11 is 0. The Bertz CT molecular complexity index is 906. The molecule has 3 atom stereocenters. The number of nitriles is 1. The predicted molar refractivity (Wildman–Crippen MR) is 95.0 cm³/mol. The first kappa shape index (κ1) is 16.3. The van der Waals surface area contributed by atoms with Gasteiger partial charge in [-0.05, 0) is 18.2 Å². The number of carbonyl (C=O) groups excluding carboxylic acids is 2. The second kappa shape index (κ2) is 6.28. The largest absolute Gasteiger partial charge is 0.392 e. The minimum absolute atomic E-state index is 0.168. The van der Waals surface area contributed by atoms with E-state index in [9.17, 15) is 20.0 Å². The number of aliphatic hydroxyl groups is 1. The minimum atomic E-state index is -0.738. The van der Waals surface area contributed by atoms with Crippen molar-refractivity contribution in [1.82, 2.24) is 0 Å². The smallest absolute Gasteiger partial charge is 0.240 e. The van der Waals surface area contributed by atoms with E-state index in [-0.39, 0.29) is 25.0 Å². The Morgan fingerprint density at radius 3 is 2.42 bits per heavy atom. The van der Waals surface area contributed by atoms with Crippen LogP contribution in [0.2, 0.25) is 0 Å². The molecule has 0 aliphatic carbocycles. The summed E-state index contributed by atoms with van der Waals surface area (Å²) in [5, 5.41) is 19.3. The molecule has 0 unspecified atom stereocenters. The molecule has 0 bridgehead atoms. The Morgan fingerprint density at radius 2 is 1.73 bits per heavy atom. The standard InChI is InChI=1S/C20H17N3O3/c21-10-17-18-15(11-22(17)16-9-5-4-6-13(16)12-24)19(25)23(20(18)26)14-7-2-1-3-8-14/h1-9,15,17-18,24H,11-12H2/t15-,17-,18-/m1/s1. The molecule has 2 saturated heterocycles. The molecule has 6 heteroatoms. The first-order chi connectivity index (χ1) is 12.7. The molecule has 0 spiro atoms. The number of fused-ring (bicyclic) bond motifs is 1. The molecule has 2 heterocycles. The van der Waals surface area contributed by atoms with Crippen molar-refractivity contribution >= 4 is 23.2 Å². The van der Waals surface area contributed by atoms with Crippen LogP contribution in [0.1, 0.15) is 5.56 Å². The van der Waals surface area contributed by atoms with Crippen LogP contribution in [0, 0.1) is 23.2 Å². The van der Waals surface area contributed by atoms with Gasteiger partial charge in [-0.15, -0.1) is 0 Å². The zero-order valence-corrected chi connectivity index (χ0v) is 13.9. The summed E-state index contributed by atoms with van der Waals surface area (Å²) in [6.07, 6.45) is 0. The number of anilines is 2. The van der Waals surface area contributed by atoms with Gasteiger partial charge in [0.05, 0.1) is 30.2 Å². The number of hydrogen-bond donors (Lipinski definition) is 1. The second-order valence-electron chi connectivity index (χ2n) is 6.49. The lowest BCUT2D eigenvalue weighted by atomic mass is 9.94. The van der Waals surface area contributed by atoms with Crippen LogP contribution >= 0.6 is 0 Å². The van der Waals surface area contributed by atoms with E-state index in [4.69, 9.17) is 0 Å². The van der Waals surface area contributed by atoms with Gasteiger partial charge in [-0.1, -0.05) is 36.4 Å². The van der Waals surface area contributed by atoms with E-state index in [1.807, 2.05) is 12.1 Å². The highest BCUT2D eigenvalue weighted by atomic mass is 16.3. The lowest BCUT2D eigenvalue weighted by molar-refractivity contribution is -0.122. The third kappa shape index (κ3) is 2.29. The quantitative estimate of drug-likeness (QED) is 0.854. The van der Waals surface area contributed by atoms with Crippen molar-refractivity contribution in [2.75, 3.05) is 16.3 Å². The monoisotopic (exact) mass is 347 g/mol. The van der Waals surface area contributed by atoms with Gasteiger partial charge in [0.1, 0.15) is 6.04 Å². The topological polar surface area (TPSA) is 84.6 Å². The van der Waals surface area contributed by atoms with Gasteiger partial charge in [0.25, 0.3) is 0 Å². The van der Waals surface area contributed by atoms with Crippen molar-refractivity contribution in [3.8, 4) is 6.07 Å². The second-order valence-corrected chi connectivity index (χ2v) is 6.49. The van der Waals surface area contributed by atoms with Gasteiger partial charge >= 0.3 is 0 Å². The summed E-state index contributed by atoms with van der Waals surface area (Å²) in [4.78, 5) is 28.9. The molecule has 6 nitrogen and oxygen atoms in total. The van der Waals surface area contributed by atoms with Gasteiger partial charge in [0.2, 0.25) is 11.8 Å². The first-order valence-corrected chi connectivity index (χ1v) is 8.45. The van der Waals surface area contributed by atoms with Gasteiger partial charge in [-0.3, -0.25) is 9.59 Å². The van der Waals surface area contributed by atoms with Crippen molar-refractivity contribution in [3.63, 3.8) is 0 Å². The molecule has 0 radical (unpaired) electrons. The van der Waals surface area contributed by atoms with Crippen LogP contribution < -0.4 is 9.80 Å². The highest BCUT2D eigenvalue weighted by molar-refractivity contribution is 6.23. The van der Waals surface area contributed by atoms with Gasteiger partial charge in [0.15, 0.2) is 0 Å². The Labute approximate surface area is 150 Å².